The van der Waals surface area contributed by atoms with Gasteiger partial charge in [-0.2, -0.15) is 0 Å². The first-order valence-corrected chi connectivity index (χ1v) is 10.1. The number of aliphatic hydroxyl groups excluding tert-OH is 1. The molecule has 33 heavy (non-hydrogen) atoms. The molecule has 2 fully saturated rings. The molecule has 0 unspecified atom stereocenters. The molecule has 0 bridgehead atoms. The van der Waals surface area contributed by atoms with Crippen molar-refractivity contribution in [3.63, 3.8) is 0 Å². The molecule has 0 amide bonds. The summed E-state index contributed by atoms with van der Waals surface area (Å²) in [5.74, 6) is -1.87. The Labute approximate surface area is 186 Å². The maximum atomic E-state index is 13.1. The summed E-state index contributed by atoms with van der Waals surface area (Å²) >= 11 is 0. The van der Waals surface area contributed by atoms with Crippen molar-refractivity contribution < 1.29 is 38.0 Å². The van der Waals surface area contributed by atoms with Crippen LogP contribution in [0.4, 0.5) is 4.39 Å². The summed E-state index contributed by atoms with van der Waals surface area (Å²) in [5.41, 5.74) is 1.30. The van der Waals surface area contributed by atoms with Gasteiger partial charge in [-0.3, -0.25) is 0 Å². The number of fused-ring (bicyclic) bond motifs is 1. The molecule has 2 saturated heterocycles. The van der Waals surface area contributed by atoms with Crippen molar-refractivity contribution in [3.05, 3.63) is 77.9 Å². The quantitative estimate of drug-likeness (QED) is 0.546. The smallest absolute Gasteiger partial charge is 0.350 e. The van der Waals surface area contributed by atoms with E-state index in [0.717, 1.165) is 0 Å². The molecular formula is C22H18FN3O7. The predicted octanol–water partition coefficient (Wildman–Crippen LogP) is 1.16. The summed E-state index contributed by atoms with van der Waals surface area (Å²) in [6.07, 6.45) is -4.22. The van der Waals surface area contributed by atoms with Crippen molar-refractivity contribution in [3.8, 4) is 5.69 Å². The number of rotatable bonds is 6. The Morgan fingerprint density at radius 3 is 2.64 bits per heavy atom. The predicted molar refractivity (Wildman–Crippen MR) is 106 cm³/mol. The molecule has 0 aliphatic carbocycles. The maximum absolute atomic E-state index is 13.1. The van der Waals surface area contributed by atoms with E-state index in [4.69, 9.17) is 18.9 Å². The maximum Gasteiger partial charge on any atom is 0.350 e. The van der Waals surface area contributed by atoms with Crippen LogP contribution in [-0.4, -0.2) is 62.7 Å². The third-order valence-corrected chi connectivity index (χ3v) is 5.28. The van der Waals surface area contributed by atoms with Crippen LogP contribution in [0.3, 0.4) is 0 Å². The number of nitrogens with zero attached hydrogens (tertiary/aromatic N) is 3. The summed E-state index contributed by atoms with van der Waals surface area (Å²) < 4.78 is 36.2. The first kappa shape index (κ1) is 21.2. The van der Waals surface area contributed by atoms with Gasteiger partial charge in [-0.05, 0) is 36.4 Å². The molecule has 5 rings (SSSR count). The minimum Gasteiger partial charge on any atom is -0.454 e. The lowest BCUT2D eigenvalue weighted by Gasteiger charge is -2.18. The van der Waals surface area contributed by atoms with Crippen molar-refractivity contribution in [2.24, 2.45) is 0 Å². The SMILES string of the molecule is O=C(O[C@H]1C(=O)O[C@H]2[C@H](O)[C@@H](OCc3cn(-c4ccc(F)cc4)nn3)O[C@H]21)c1ccccc1. The number of carbonyl (C=O) groups excluding carboxylic acids is 2. The van der Waals surface area contributed by atoms with E-state index >= 15 is 0 Å². The van der Waals surface area contributed by atoms with Crippen LogP contribution >= 0.6 is 0 Å². The second kappa shape index (κ2) is 8.70. The normalized spacial score (nSPS) is 26.1. The fourth-order valence-corrected chi connectivity index (χ4v) is 3.64. The highest BCUT2D eigenvalue weighted by Crippen LogP contribution is 2.34. The lowest BCUT2D eigenvalue weighted by atomic mass is 10.1. The van der Waals surface area contributed by atoms with Crippen LogP contribution in [0.15, 0.2) is 60.8 Å². The van der Waals surface area contributed by atoms with Crippen molar-refractivity contribution in [1.82, 2.24) is 15.0 Å². The third-order valence-electron chi connectivity index (χ3n) is 5.28. The highest BCUT2D eigenvalue weighted by molar-refractivity contribution is 5.92. The Balaban J connectivity index is 1.21. The molecule has 0 spiro atoms. The molecule has 2 aliphatic rings. The minimum atomic E-state index is -1.33. The second-order valence-corrected chi connectivity index (χ2v) is 7.49. The molecule has 11 heteroatoms. The number of benzene rings is 2. The lowest BCUT2D eigenvalue weighted by molar-refractivity contribution is -0.191. The molecule has 2 aliphatic heterocycles. The zero-order valence-electron chi connectivity index (χ0n) is 17.0. The van der Waals surface area contributed by atoms with Crippen LogP contribution in [0.5, 0.6) is 0 Å². The Morgan fingerprint density at radius 1 is 1.12 bits per heavy atom. The first-order chi connectivity index (χ1) is 16.0. The number of halogens is 1. The molecule has 3 aromatic rings. The number of hydrogen-bond donors (Lipinski definition) is 1. The van der Waals surface area contributed by atoms with Gasteiger partial charge in [-0.25, -0.2) is 18.7 Å². The fourth-order valence-electron chi connectivity index (χ4n) is 3.64. The van der Waals surface area contributed by atoms with Crippen LogP contribution in [0, 0.1) is 5.82 Å². The second-order valence-electron chi connectivity index (χ2n) is 7.49. The number of carbonyl (C=O) groups is 2. The Bertz CT molecular complexity index is 1150. The molecule has 1 N–H and O–H groups in total. The van der Waals surface area contributed by atoms with E-state index in [9.17, 15) is 19.1 Å². The molecule has 3 heterocycles. The number of aromatic nitrogens is 3. The van der Waals surface area contributed by atoms with Gasteiger partial charge in [0, 0.05) is 0 Å². The molecule has 1 aromatic heterocycles. The van der Waals surface area contributed by atoms with Gasteiger partial charge in [-0.15, -0.1) is 5.10 Å². The standard InChI is InChI=1S/C22H18FN3O7/c23-13-6-8-15(9-7-13)26-10-14(24-25-26)11-30-22-16(27)17-18(33-22)19(21(29)31-17)32-20(28)12-4-2-1-3-5-12/h1-10,16-19,22,27H,11H2/t16-,17-,18+,19+,22-/m0/s1. The average Bonchev–Trinajstić information content (AvgIpc) is 3.50. The average molecular weight is 455 g/mol. The summed E-state index contributed by atoms with van der Waals surface area (Å²) in [4.78, 5) is 24.5. The molecule has 10 nitrogen and oxygen atoms in total. The lowest BCUT2D eigenvalue weighted by Crippen LogP contribution is -2.35. The topological polar surface area (TPSA) is 122 Å². The van der Waals surface area contributed by atoms with Gasteiger partial charge in [0.25, 0.3) is 0 Å². The van der Waals surface area contributed by atoms with Crippen LogP contribution < -0.4 is 0 Å². The van der Waals surface area contributed by atoms with E-state index in [2.05, 4.69) is 10.3 Å². The van der Waals surface area contributed by atoms with Gasteiger partial charge in [0.1, 0.15) is 23.7 Å². The van der Waals surface area contributed by atoms with Crippen molar-refractivity contribution in [2.45, 2.75) is 37.3 Å². The van der Waals surface area contributed by atoms with Gasteiger partial charge < -0.3 is 24.1 Å². The van der Waals surface area contributed by atoms with Crippen LogP contribution in [0.25, 0.3) is 5.69 Å². The summed E-state index contributed by atoms with van der Waals surface area (Å²) in [6, 6.07) is 13.9. The van der Waals surface area contributed by atoms with E-state index in [1.807, 2.05) is 0 Å². The van der Waals surface area contributed by atoms with Crippen molar-refractivity contribution in [2.75, 3.05) is 0 Å². The number of esters is 2. The largest absolute Gasteiger partial charge is 0.454 e. The molecule has 0 radical (unpaired) electrons. The Kier molecular flexibility index (Phi) is 5.58. The van der Waals surface area contributed by atoms with Crippen LogP contribution in [0.1, 0.15) is 16.1 Å². The fraction of sp³-hybridized carbons (Fsp3) is 0.273. The zero-order valence-corrected chi connectivity index (χ0v) is 17.0. The molecule has 5 atom stereocenters. The van der Waals surface area contributed by atoms with E-state index in [-0.39, 0.29) is 18.0 Å². The van der Waals surface area contributed by atoms with E-state index in [1.54, 1.807) is 48.7 Å². The molecular weight excluding hydrogens is 437 g/mol. The number of aliphatic hydroxyl groups is 1. The Morgan fingerprint density at radius 2 is 1.88 bits per heavy atom. The van der Waals surface area contributed by atoms with Gasteiger partial charge in [0.05, 0.1) is 24.1 Å². The first-order valence-electron chi connectivity index (χ1n) is 10.1. The van der Waals surface area contributed by atoms with Crippen molar-refractivity contribution in [1.29, 1.82) is 0 Å². The van der Waals surface area contributed by atoms with Crippen molar-refractivity contribution >= 4 is 11.9 Å². The molecule has 2 aromatic carbocycles. The van der Waals surface area contributed by atoms with Gasteiger partial charge in [0.15, 0.2) is 12.4 Å². The third kappa shape index (κ3) is 4.21. The summed E-state index contributed by atoms with van der Waals surface area (Å²) in [6.45, 7) is -0.0647. The number of ether oxygens (including phenoxy) is 4. The van der Waals surface area contributed by atoms with E-state index < -0.39 is 42.6 Å². The Hall–Kier alpha value is -3.67. The molecule has 0 saturated carbocycles. The minimum absolute atomic E-state index is 0.0647. The number of hydrogen-bond acceptors (Lipinski definition) is 9. The van der Waals surface area contributed by atoms with Crippen LogP contribution in [0.2, 0.25) is 0 Å². The van der Waals surface area contributed by atoms with Gasteiger partial charge in [-0.1, -0.05) is 23.4 Å². The molecule has 170 valence electrons. The summed E-state index contributed by atoms with van der Waals surface area (Å²) in [5, 5.41) is 18.4. The monoisotopic (exact) mass is 455 g/mol. The summed E-state index contributed by atoms with van der Waals surface area (Å²) in [7, 11) is 0. The van der Waals surface area contributed by atoms with Gasteiger partial charge in [0.2, 0.25) is 6.10 Å². The highest BCUT2D eigenvalue weighted by atomic mass is 19.1. The zero-order chi connectivity index (χ0) is 22.9. The van der Waals surface area contributed by atoms with Crippen LogP contribution in [-0.2, 0) is 30.3 Å². The van der Waals surface area contributed by atoms with E-state index in [0.29, 0.717) is 11.4 Å². The highest BCUT2D eigenvalue weighted by Gasteiger charge is 2.59. The van der Waals surface area contributed by atoms with E-state index in [1.165, 1.54) is 16.8 Å². The van der Waals surface area contributed by atoms with Gasteiger partial charge >= 0.3 is 11.9 Å².